The maximum atomic E-state index is 9.04. The number of aliphatic hydroxyl groups excluding tert-OH is 1. The van der Waals surface area contributed by atoms with E-state index in [-0.39, 0.29) is 6.61 Å². The molecule has 1 aromatic rings. The van der Waals surface area contributed by atoms with Crippen molar-refractivity contribution in [1.29, 1.82) is 0 Å². The van der Waals surface area contributed by atoms with Crippen LogP contribution in [0.1, 0.15) is 24.5 Å². The van der Waals surface area contributed by atoms with Gasteiger partial charge in [0.05, 0.1) is 5.69 Å². The molecule has 0 radical (unpaired) electrons. The number of fused-ring (bicyclic) bond motifs is 1. The molecule has 0 fully saturated rings. The Bertz CT molecular complexity index is 392. The Balaban J connectivity index is 2.31. The number of hydrogen-bond acceptors (Lipinski definition) is 3. The first-order valence-corrected chi connectivity index (χ1v) is 6.65. The molecule has 1 aromatic carbocycles. The Morgan fingerprint density at radius 3 is 2.81 bits per heavy atom. The van der Waals surface area contributed by atoms with Crippen molar-refractivity contribution < 1.29 is 5.11 Å². The third-order valence-electron chi connectivity index (χ3n) is 3.32. The minimum atomic E-state index is 0.268. The van der Waals surface area contributed by atoms with E-state index in [0.717, 1.165) is 6.42 Å². The molecule has 0 amide bonds. The van der Waals surface area contributed by atoms with Gasteiger partial charge in [0, 0.05) is 22.8 Å². The monoisotopic (exact) mass is 237 g/mol. The fourth-order valence-corrected chi connectivity index (χ4v) is 3.39. The van der Waals surface area contributed by atoms with Gasteiger partial charge < -0.3 is 10.4 Å². The van der Waals surface area contributed by atoms with E-state index in [4.69, 9.17) is 5.11 Å². The summed E-state index contributed by atoms with van der Waals surface area (Å²) in [4.78, 5) is 1.32. The van der Waals surface area contributed by atoms with Gasteiger partial charge in [-0.1, -0.05) is 6.07 Å². The van der Waals surface area contributed by atoms with Gasteiger partial charge in [-0.3, -0.25) is 0 Å². The summed E-state index contributed by atoms with van der Waals surface area (Å²) in [6.45, 7) is 6.77. The maximum absolute atomic E-state index is 9.04. The van der Waals surface area contributed by atoms with Gasteiger partial charge in [0.15, 0.2) is 0 Å². The van der Waals surface area contributed by atoms with Crippen LogP contribution >= 0.6 is 11.8 Å². The van der Waals surface area contributed by atoms with Crippen LogP contribution in [0.25, 0.3) is 0 Å². The zero-order valence-corrected chi connectivity index (χ0v) is 10.9. The molecule has 2 rings (SSSR count). The van der Waals surface area contributed by atoms with Crippen LogP contribution in [0.3, 0.4) is 0 Å². The fourth-order valence-electron chi connectivity index (χ4n) is 2.09. The van der Waals surface area contributed by atoms with Crippen LogP contribution in [0.4, 0.5) is 5.69 Å². The Kier molecular flexibility index (Phi) is 3.45. The molecule has 2 nitrogen and oxygen atoms in total. The zero-order valence-electron chi connectivity index (χ0n) is 10.1. The smallest absolute Gasteiger partial charge is 0.0513 e. The standard InChI is InChI=1S/C13H19NOS/c1-8-4-5-12-13(9(8)2)14-10(3)11(16-12)6-7-15/h4-5,10-11,14-15H,6-7H2,1-3H3. The van der Waals surface area contributed by atoms with Crippen LogP contribution in [-0.4, -0.2) is 23.0 Å². The lowest BCUT2D eigenvalue weighted by molar-refractivity contribution is 0.284. The van der Waals surface area contributed by atoms with Crippen molar-refractivity contribution in [1.82, 2.24) is 0 Å². The van der Waals surface area contributed by atoms with Crippen molar-refractivity contribution >= 4 is 17.4 Å². The minimum Gasteiger partial charge on any atom is -0.396 e. The predicted molar refractivity (Wildman–Crippen MR) is 70.3 cm³/mol. The highest BCUT2D eigenvalue weighted by Crippen LogP contribution is 2.41. The number of benzene rings is 1. The van der Waals surface area contributed by atoms with Crippen LogP contribution in [0.2, 0.25) is 0 Å². The number of nitrogens with one attached hydrogen (secondary N) is 1. The lowest BCUT2D eigenvalue weighted by Gasteiger charge is -2.33. The predicted octanol–water partition coefficient (Wildman–Crippen LogP) is 2.96. The highest BCUT2D eigenvalue weighted by atomic mass is 32.2. The number of thioether (sulfide) groups is 1. The topological polar surface area (TPSA) is 32.3 Å². The Morgan fingerprint density at radius 2 is 2.12 bits per heavy atom. The third-order valence-corrected chi connectivity index (χ3v) is 4.86. The van der Waals surface area contributed by atoms with Gasteiger partial charge >= 0.3 is 0 Å². The second kappa shape index (κ2) is 4.68. The maximum Gasteiger partial charge on any atom is 0.0513 e. The molecule has 1 aliphatic rings. The molecule has 2 atom stereocenters. The van der Waals surface area contributed by atoms with Gasteiger partial charge in [-0.15, -0.1) is 11.8 Å². The summed E-state index contributed by atoms with van der Waals surface area (Å²) in [5.74, 6) is 0. The molecule has 16 heavy (non-hydrogen) atoms. The molecule has 2 unspecified atom stereocenters. The summed E-state index contributed by atoms with van der Waals surface area (Å²) in [5.41, 5.74) is 3.96. The SMILES string of the molecule is Cc1ccc2c(c1C)NC(C)C(CCO)S2. The van der Waals surface area contributed by atoms with Crippen LogP contribution in [0, 0.1) is 13.8 Å². The molecule has 1 aliphatic heterocycles. The van der Waals surface area contributed by atoms with Crippen LogP contribution in [0.5, 0.6) is 0 Å². The van der Waals surface area contributed by atoms with E-state index in [1.165, 1.54) is 21.7 Å². The van der Waals surface area contributed by atoms with Gasteiger partial charge in [-0.2, -0.15) is 0 Å². The molecule has 0 aromatic heterocycles. The third kappa shape index (κ3) is 2.06. The van der Waals surface area contributed by atoms with Gasteiger partial charge in [-0.05, 0) is 44.4 Å². The number of aryl methyl sites for hydroxylation is 1. The highest BCUT2D eigenvalue weighted by Gasteiger charge is 2.26. The number of hydrogen-bond donors (Lipinski definition) is 2. The van der Waals surface area contributed by atoms with Crippen molar-refractivity contribution in [3.8, 4) is 0 Å². The van der Waals surface area contributed by atoms with Gasteiger partial charge in [0.2, 0.25) is 0 Å². The summed E-state index contributed by atoms with van der Waals surface area (Å²) in [6.07, 6.45) is 0.852. The quantitative estimate of drug-likeness (QED) is 0.829. The summed E-state index contributed by atoms with van der Waals surface area (Å²) in [7, 11) is 0. The van der Waals surface area contributed by atoms with E-state index in [1.807, 2.05) is 11.8 Å². The van der Waals surface area contributed by atoms with Crippen molar-refractivity contribution in [3.63, 3.8) is 0 Å². The summed E-state index contributed by atoms with van der Waals surface area (Å²) >= 11 is 1.89. The van der Waals surface area contributed by atoms with Crippen LogP contribution in [-0.2, 0) is 0 Å². The molecule has 0 bridgehead atoms. The normalized spacial score (nSPS) is 23.8. The van der Waals surface area contributed by atoms with E-state index in [9.17, 15) is 0 Å². The number of rotatable bonds is 2. The van der Waals surface area contributed by atoms with Crippen molar-refractivity contribution in [2.24, 2.45) is 0 Å². The first-order chi connectivity index (χ1) is 7.63. The van der Waals surface area contributed by atoms with Crippen molar-refractivity contribution in [2.75, 3.05) is 11.9 Å². The Labute approximate surface area is 101 Å². The number of anilines is 1. The summed E-state index contributed by atoms with van der Waals surface area (Å²) in [6, 6.07) is 4.78. The Morgan fingerprint density at radius 1 is 1.38 bits per heavy atom. The molecule has 88 valence electrons. The Hall–Kier alpha value is -0.670. The van der Waals surface area contributed by atoms with Crippen LogP contribution < -0.4 is 5.32 Å². The minimum absolute atomic E-state index is 0.268. The average molecular weight is 237 g/mol. The van der Waals surface area contributed by atoms with Crippen LogP contribution in [0.15, 0.2) is 17.0 Å². The largest absolute Gasteiger partial charge is 0.396 e. The first-order valence-electron chi connectivity index (χ1n) is 5.77. The second-order valence-electron chi connectivity index (χ2n) is 4.48. The molecule has 1 heterocycles. The molecular formula is C13H19NOS. The van der Waals surface area contributed by atoms with Gasteiger partial charge in [0.1, 0.15) is 0 Å². The molecule has 2 N–H and O–H groups in total. The van der Waals surface area contributed by atoms with Gasteiger partial charge in [-0.25, -0.2) is 0 Å². The molecule has 3 heteroatoms. The van der Waals surface area contributed by atoms with Crippen molar-refractivity contribution in [2.45, 2.75) is 43.4 Å². The second-order valence-corrected chi connectivity index (χ2v) is 5.76. The molecular weight excluding hydrogens is 218 g/mol. The average Bonchev–Trinajstić information content (AvgIpc) is 2.26. The lowest BCUT2D eigenvalue weighted by atomic mass is 10.1. The van der Waals surface area contributed by atoms with Crippen molar-refractivity contribution in [3.05, 3.63) is 23.3 Å². The van der Waals surface area contributed by atoms with Gasteiger partial charge in [0.25, 0.3) is 0 Å². The van der Waals surface area contributed by atoms with E-state index in [0.29, 0.717) is 11.3 Å². The van der Waals surface area contributed by atoms with E-state index in [1.54, 1.807) is 0 Å². The zero-order chi connectivity index (χ0) is 11.7. The van der Waals surface area contributed by atoms with E-state index >= 15 is 0 Å². The molecule has 0 saturated carbocycles. The molecule has 0 spiro atoms. The lowest BCUT2D eigenvalue weighted by Crippen LogP contribution is -2.33. The summed E-state index contributed by atoms with van der Waals surface area (Å²) in [5, 5.41) is 13.1. The highest BCUT2D eigenvalue weighted by molar-refractivity contribution is 8.00. The van der Waals surface area contributed by atoms with E-state index < -0.39 is 0 Å². The fraction of sp³-hybridized carbons (Fsp3) is 0.538. The molecule has 0 saturated heterocycles. The molecule has 0 aliphatic carbocycles. The number of aliphatic hydroxyl groups is 1. The van der Waals surface area contributed by atoms with E-state index in [2.05, 4.69) is 38.2 Å². The summed E-state index contributed by atoms with van der Waals surface area (Å²) < 4.78 is 0. The first kappa shape index (κ1) is 11.8.